The third kappa shape index (κ3) is 4.84. The van der Waals surface area contributed by atoms with E-state index in [0.29, 0.717) is 11.4 Å². The summed E-state index contributed by atoms with van der Waals surface area (Å²) < 4.78 is 11.7. The molecule has 9 heteroatoms. The number of amides is 1. The lowest BCUT2D eigenvalue weighted by atomic mass is 10.1. The molecule has 30 heavy (non-hydrogen) atoms. The predicted molar refractivity (Wildman–Crippen MR) is 119 cm³/mol. The summed E-state index contributed by atoms with van der Waals surface area (Å²) in [5.41, 5.74) is 0.452. The second kappa shape index (κ2) is 9.23. The third-order valence-corrected chi connectivity index (χ3v) is 4.77. The zero-order chi connectivity index (χ0) is 21.7. The van der Waals surface area contributed by atoms with Crippen molar-refractivity contribution < 1.29 is 18.9 Å². The highest BCUT2D eigenvalue weighted by atomic mass is 127. The number of hydrogen-bond donors (Lipinski definition) is 1. The first-order valence-corrected chi connectivity index (χ1v) is 9.60. The number of ether oxygens (including phenoxy) is 1. The molecule has 0 aliphatic heterocycles. The zero-order valence-corrected chi connectivity index (χ0v) is 17.7. The largest absolute Gasteiger partial charge is 0.497 e. The first-order valence-electron chi connectivity index (χ1n) is 8.52. The number of furan rings is 1. The zero-order valence-electron chi connectivity index (χ0n) is 15.6. The molecule has 0 aliphatic rings. The van der Waals surface area contributed by atoms with Gasteiger partial charge in [0.1, 0.15) is 28.9 Å². The summed E-state index contributed by atoms with van der Waals surface area (Å²) in [6.07, 6.45) is 1.28. The number of benzene rings is 2. The van der Waals surface area contributed by atoms with Crippen molar-refractivity contribution in [2.24, 2.45) is 0 Å². The van der Waals surface area contributed by atoms with Gasteiger partial charge in [-0.2, -0.15) is 5.26 Å². The van der Waals surface area contributed by atoms with Crippen LogP contribution in [0.4, 0.5) is 11.4 Å². The fraction of sp³-hybridized carbons (Fsp3) is 0.0476. The number of methoxy groups -OCH3 is 1. The van der Waals surface area contributed by atoms with Crippen molar-refractivity contribution in [3.63, 3.8) is 0 Å². The Bertz CT molecular complexity index is 1180. The van der Waals surface area contributed by atoms with Gasteiger partial charge in [-0.15, -0.1) is 0 Å². The number of halogens is 1. The van der Waals surface area contributed by atoms with Crippen molar-refractivity contribution >= 4 is 45.9 Å². The summed E-state index contributed by atoms with van der Waals surface area (Å²) in [5, 5.41) is 23.4. The second-order valence-electron chi connectivity index (χ2n) is 5.97. The molecule has 2 aromatic carbocycles. The molecular formula is C21H14IN3O5. The van der Waals surface area contributed by atoms with E-state index in [9.17, 15) is 20.2 Å². The van der Waals surface area contributed by atoms with E-state index in [-0.39, 0.29) is 28.3 Å². The van der Waals surface area contributed by atoms with E-state index < -0.39 is 10.8 Å². The van der Waals surface area contributed by atoms with Gasteiger partial charge in [-0.25, -0.2) is 0 Å². The Balaban J connectivity index is 1.87. The smallest absolute Gasteiger partial charge is 0.284 e. The van der Waals surface area contributed by atoms with Crippen LogP contribution in [0.15, 0.2) is 64.6 Å². The van der Waals surface area contributed by atoms with Crippen LogP contribution in [-0.4, -0.2) is 17.9 Å². The maximum atomic E-state index is 12.4. The Labute approximate surface area is 185 Å². The van der Waals surface area contributed by atoms with Crippen LogP contribution in [0, 0.1) is 25.0 Å². The Kier molecular flexibility index (Phi) is 6.48. The maximum absolute atomic E-state index is 12.4. The van der Waals surface area contributed by atoms with Gasteiger partial charge >= 0.3 is 0 Å². The first kappa shape index (κ1) is 21.1. The SMILES string of the molecule is COc1ccc(-c2ccc(/C=C(\C#N)C(=O)Nc3ccc(I)cc3)o2)c([N+](=O)[O-])c1. The number of nitrogens with one attached hydrogen (secondary N) is 1. The normalized spacial score (nSPS) is 10.9. The lowest BCUT2D eigenvalue weighted by Gasteiger charge is -2.04. The molecule has 0 saturated heterocycles. The minimum atomic E-state index is -0.591. The van der Waals surface area contributed by atoms with Gasteiger partial charge in [0.15, 0.2) is 0 Å². The minimum absolute atomic E-state index is 0.168. The highest BCUT2D eigenvalue weighted by molar-refractivity contribution is 14.1. The monoisotopic (exact) mass is 515 g/mol. The summed E-state index contributed by atoms with van der Waals surface area (Å²) in [6.45, 7) is 0. The molecular weight excluding hydrogens is 501 g/mol. The fourth-order valence-electron chi connectivity index (χ4n) is 2.60. The van der Waals surface area contributed by atoms with Gasteiger partial charge in [0.2, 0.25) is 0 Å². The summed E-state index contributed by atoms with van der Waals surface area (Å²) in [4.78, 5) is 23.2. The molecule has 0 bridgehead atoms. The van der Waals surface area contributed by atoms with Gasteiger partial charge in [0.25, 0.3) is 11.6 Å². The minimum Gasteiger partial charge on any atom is -0.497 e. The summed E-state index contributed by atoms with van der Waals surface area (Å²) in [6, 6.07) is 16.4. The average molecular weight is 515 g/mol. The number of nitriles is 1. The predicted octanol–water partition coefficient (Wildman–Crippen LogP) is 5.01. The van der Waals surface area contributed by atoms with Gasteiger partial charge in [-0.05, 0) is 71.1 Å². The van der Waals surface area contributed by atoms with Crippen LogP contribution < -0.4 is 10.1 Å². The van der Waals surface area contributed by atoms with E-state index in [4.69, 9.17) is 9.15 Å². The number of anilines is 1. The van der Waals surface area contributed by atoms with E-state index >= 15 is 0 Å². The van der Waals surface area contributed by atoms with Crippen LogP contribution in [0.2, 0.25) is 0 Å². The molecule has 0 unspecified atom stereocenters. The number of carbonyl (C=O) groups excluding carboxylic acids is 1. The molecule has 3 aromatic rings. The Morgan fingerprint density at radius 1 is 1.23 bits per heavy atom. The number of nitro benzene ring substituents is 1. The molecule has 3 rings (SSSR count). The maximum Gasteiger partial charge on any atom is 0.284 e. The lowest BCUT2D eigenvalue weighted by Crippen LogP contribution is -2.13. The van der Waals surface area contributed by atoms with Gasteiger partial charge in [0, 0.05) is 15.3 Å². The molecule has 1 N–H and O–H groups in total. The molecule has 0 spiro atoms. The van der Waals surface area contributed by atoms with E-state index in [1.807, 2.05) is 18.2 Å². The van der Waals surface area contributed by atoms with Crippen molar-refractivity contribution in [2.45, 2.75) is 0 Å². The number of carbonyl (C=O) groups is 1. The second-order valence-corrected chi connectivity index (χ2v) is 7.22. The highest BCUT2D eigenvalue weighted by Crippen LogP contribution is 2.34. The van der Waals surface area contributed by atoms with Crippen molar-refractivity contribution in [2.75, 3.05) is 12.4 Å². The van der Waals surface area contributed by atoms with Crippen LogP contribution >= 0.6 is 22.6 Å². The number of hydrogen-bond acceptors (Lipinski definition) is 6. The lowest BCUT2D eigenvalue weighted by molar-refractivity contribution is -0.384. The van der Waals surface area contributed by atoms with Crippen molar-refractivity contribution in [1.82, 2.24) is 0 Å². The molecule has 0 radical (unpaired) electrons. The van der Waals surface area contributed by atoms with E-state index in [1.165, 1.54) is 37.5 Å². The van der Waals surface area contributed by atoms with Gasteiger partial charge in [-0.1, -0.05) is 0 Å². The number of nitrogens with zero attached hydrogens (tertiary/aromatic N) is 2. The topological polar surface area (TPSA) is 118 Å². The molecule has 0 atom stereocenters. The molecule has 1 aromatic heterocycles. The van der Waals surface area contributed by atoms with E-state index in [1.54, 1.807) is 18.2 Å². The third-order valence-electron chi connectivity index (χ3n) is 4.05. The van der Waals surface area contributed by atoms with Gasteiger partial charge in [-0.3, -0.25) is 14.9 Å². The number of rotatable bonds is 6. The number of nitro groups is 1. The summed E-state index contributed by atoms with van der Waals surface area (Å²) in [7, 11) is 1.42. The van der Waals surface area contributed by atoms with E-state index in [2.05, 4.69) is 27.9 Å². The van der Waals surface area contributed by atoms with Gasteiger partial charge < -0.3 is 14.5 Å². The molecule has 8 nitrogen and oxygen atoms in total. The molecule has 0 fully saturated rings. The van der Waals surface area contributed by atoms with E-state index in [0.717, 1.165) is 3.57 Å². The van der Waals surface area contributed by atoms with Crippen molar-refractivity contribution in [1.29, 1.82) is 5.26 Å². The summed E-state index contributed by atoms with van der Waals surface area (Å²) >= 11 is 2.15. The van der Waals surface area contributed by atoms with Crippen LogP contribution in [0.5, 0.6) is 5.75 Å². The van der Waals surface area contributed by atoms with Gasteiger partial charge in [0.05, 0.1) is 23.7 Å². The quantitative estimate of drug-likeness (QED) is 0.162. The highest BCUT2D eigenvalue weighted by Gasteiger charge is 2.19. The first-order chi connectivity index (χ1) is 14.4. The molecule has 1 heterocycles. The standard InChI is InChI=1S/C21H14IN3O5/c1-29-16-6-8-18(19(11-16)25(27)28)20-9-7-17(30-20)10-13(12-23)21(26)24-15-4-2-14(22)3-5-15/h2-11H,1H3,(H,24,26)/b13-10+. The van der Waals surface area contributed by atoms with Crippen LogP contribution in [-0.2, 0) is 4.79 Å². The summed E-state index contributed by atoms with van der Waals surface area (Å²) in [5.74, 6) is 0.193. The van der Waals surface area contributed by atoms with Crippen LogP contribution in [0.25, 0.3) is 17.4 Å². The molecule has 1 amide bonds. The van der Waals surface area contributed by atoms with Crippen molar-refractivity contribution in [3.05, 3.63) is 79.6 Å². The Morgan fingerprint density at radius 3 is 2.60 bits per heavy atom. The Hall–Kier alpha value is -3.65. The fourth-order valence-corrected chi connectivity index (χ4v) is 2.96. The van der Waals surface area contributed by atoms with Crippen LogP contribution in [0.3, 0.4) is 0 Å². The molecule has 0 aliphatic carbocycles. The van der Waals surface area contributed by atoms with Crippen LogP contribution in [0.1, 0.15) is 5.76 Å². The molecule has 150 valence electrons. The molecule has 0 saturated carbocycles. The Morgan fingerprint density at radius 2 is 1.97 bits per heavy atom. The average Bonchev–Trinajstić information content (AvgIpc) is 3.21. The van der Waals surface area contributed by atoms with Crippen molar-refractivity contribution in [3.8, 4) is 23.1 Å².